The normalized spacial score (nSPS) is 9.62. The molecule has 1 heterocycles. The smallest absolute Gasteiger partial charge is 0.0940 e. The van der Waals surface area contributed by atoms with E-state index in [1.807, 2.05) is 17.5 Å². The highest BCUT2D eigenvalue weighted by molar-refractivity contribution is 8.00. The zero-order valence-electron chi connectivity index (χ0n) is 4.20. The average Bonchev–Trinajstić information content (AvgIpc) is 2.19. The SMILES string of the molecule is OCSc1cccs1. The van der Waals surface area contributed by atoms with E-state index in [0.29, 0.717) is 0 Å². The summed E-state index contributed by atoms with van der Waals surface area (Å²) in [6, 6.07) is 3.97. The largest absolute Gasteiger partial charge is 0.385 e. The molecule has 0 aliphatic rings. The summed E-state index contributed by atoms with van der Waals surface area (Å²) >= 11 is 3.11. The minimum atomic E-state index is 0.181. The second-order valence-electron chi connectivity index (χ2n) is 1.21. The predicted molar refractivity (Wildman–Crippen MR) is 37.3 cm³/mol. The van der Waals surface area contributed by atoms with Crippen molar-refractivity contribution in [2.45, 2.75) is 4.21 Å². The van der Waals surface area contributed by atoms with E-state index in [1.165, 1.54) is 16.0 Å². The van der Waals surface area contributed by atoms with Gasteiger partial charge in [-0.2, -0.15) is 0 Å². The standard InChI is InChI=1S/C5H6OS2/c6-4-8-5-2-1-3-7-5/h1-3,6H,4H2. The van der Waals surface area contributed by atoms with Gasteiger partial charge in [0, 0.05) is 0 Å². The number of aliphatic hydroxyl groups is 1. The second kappa shape index (κ2) is 3.12. The third kappa shape index (κ3) is 1.51. The van der Waals surface area contributed by atoms with Crippen molar-refractivity contribution in [3.8, 4) is 0 Å². The van der Waals surface area contributed by atoms with Gasteiger partial charge < -0.3 is 5.11 Å². The van der Waals surface area contributed by atoms with Crippen molar-refractivity contribution in [2.75, 3.05) is 5.94 Å². The maximum atomic E-state index is 8.41. The molecule has 0 spiro atoms. The minimum absolute atomic E-state index is 0.181. The molecule has 1 N–H and O–H groups in total. The lowest BCUT2D eigenvalue weighted by molar-refractivity contribution is 0.375. The molecule has 0 saturated carbocycles. The molecular weight excluding hydrogens is 140 g/mol. The average molecular weight is 146 g/mol. The highest BCUT2D eigenvalue weighted by atomic mass is 32.2. The molecule has 0 bridgehead atoms. The van der Waals surface area contributed by atoms with Gasteiger partial charge in [0.2, 0.25) is 0 Å². The van der Waals surface area contributed by atoms with Gasteiger partial charge in [-0.3, -0.25) is 0 Å². The molecule has 0 radical (unpaired) electrons. The number of aliphatic hydroxyl groups excluding tert-OH is 1. The first-order chi connectivity index (χ1) is 3.93. The molecule has 0 fully saturated rings. The summed E-state index contributed by atoms with van der Waals surface area (Å²) in [5, 5.41) is 10.4. The zero-order valence-corrected chi connectivity index (χ0v) is 5.84. The Kier molecular flexibility index (Phi) is 2.39. The first-order valence-corrected chi connectivity index (χ1v) is 4.07. The van der Waals surface area contributed by atoms with Crippen molar-refractivity contribution in [1.82, 2.24) is 0 Å². The highest BCUT2D eigenvalue weighted by Crippen LogP contribution is 2.21. The van der Waals surface area contributed by atoms with Crippen LogP contribution in [0.1, 0.15) is 0 Å². The minimum Gasteiger partial charge on any atom is -0.385 e. The van der Waals surface area contributed by atoms with Crippen LogP contribution < -0.4 is 0 Å². The van der Waals surface area contributed by atoms with Crippen LogP contribution in [0.15, 0.2) is 21.7 Å². The number of hydrogen-bond acceptors (Lipinski definition) is 3. The van der Waals surface area contributed by atoms with Gasteiger partial charge >= 0.3 is 0 Å². The zero-order chi connectivity index (χ0) is 5.82. The highest BCUT2D eigenvalue weighted by Gasteiger charge is 1.88. The number of rotatable bonds is 2. The summed E-state index contributed by atoms with van der Waals surface area (Å²) in [5.74, 6) is 0.181. The summed E-state index contributed by atoms with van der Waals surface area (Å²) in [5.41, 5.74) is 0. The number of thioether (sulfide) groups is 1. The fraction of sp³-hybridized carbons (Fsp3) is 0.200. The van der Waals surface area contributed by atoms with Gasteiger partial charge in [0.25, 0.3) is 0 Å². The van der Waals surface area contributed by atoms with Crippen molar-refractivity contribution in [3.05, 3.63) is 17.5 Å². The van der Waals surface area contributed by atoms with E-state index >= 15 is 0 Å². The molecule has 1 rings (SSSR count). The van der Waals surface area contributed by atoms with Crippen molar-refractivity contribution in [3.63, 3.8) is 0 Å². The van der Waals surface area contributed by atoms with Gasteiger partial charge in [0.05, 0.1) is 10.1 Å². The lowest BCUT2D eigenvalue weighted by Crippen LogP contribution is -1.66. The van der Waals surface area contributed by atoms with Crippen molar-refractivity contribution < 1.29 is 5.11 Å². The molecule has 0 unspecified atom stereocenters. The van der Waals surface area contributed by atoms with Crippen LogP contribution in [0.25, 0.3) is 0 Å². The van der Waals surface area contributed by atoms with Gasteiger partial charge in [0.1, 0.15) is 0 Å². The van der Waals surface area contributed by atoms with Gasteiger partial charge in [-0.15, -0.1) is 11.3 Å². The molecule has 1 nitrogen and oxygen atoms in total. The summed E-state index contributed by atoms with van der Waals surface area (Å²) in [6.07, 6.45) is 0. The van der Waals surface area contributed by atoms with Gasteiger partial charge in [-0.05, 0) is 11.4 Å². The Balaban J connectivity index is 2.50. The van der Waals surface area contributed by atoms with Crippen LogP contribution in [-0.4, -0.2) is 11.0 Å². The molecule has 8 heavy (non-hydrogen) atoms. The Morgan fingerprint density at radius 1 is 1.75 bits per heavy atom. The van der Waals surface area contributed by atoms with Crippen molar-refractivity contribution in [1.29, 1.82) is 0 Å². The Bertz CT molecular complexity index is 136. The molecular formula is C5H6OS2. The monoisotopic (exact) mass is 146 g/mol. The van der Waals surface area contributed by atoms with Crippen LogP contribution in [0.3, 0.4) is 0 Å². The number of hydrogen-bond donors (Lipinski definition) is 1. The van der Waals surface area contributed by atoms with Crippen LogP contribution in [0, 0.1) is 0 Å². The van der Waals surface area contributed by atoms with Gasteiger partial charge in [0.15, 0.2) is 0 Å². The van der Waals surface area contributed by atoms with Crippen LogP contribution in [0.4, 0.5) is 0 Å². The molecule has 0 atom stereocenters. The summed E-state index contributed by atoms with van der Waals surface area (Å²) in [4.78, 5) is 0. The Hall–Kier alpha value is 0.01000. The third-order valence-electron chi connectivity index (χ3n) is 0.702. The summed E-state index contributed by atoms with van der Waals surface area (Å²) in [7, 11) is 0. The Morgan fingerprint density at radius 3 is 3.12 bits per heavy atom. The fourth-order valence-electron chi connectivity index (χ4n) is 0.409. The number of thiophene rings is 1. The molecule has 0 saturated heterocycles. The first-order valence-electron chi connectivity index (χ1n) is 2.20. The molecule has 44 valence electrons. The maximum Gasteiger partial charge on any atom is 0.0940 e. The van der Waals surface area contributed by atoms with Gasteiger partial charge in [-0.25, -0.2) is 0 Å². The van der Waals surface area contributed by atoms with Crippen LogP contribution in [0.5, 0.6) is 0 Å². The Labute approximate surface area is 56.4 Å². The second-order valence-corrected chi connectivity index (χ2v) is 3.40. The van der Waals surface area contributed by atoms with E-state index in [9.17, 15) is 0 Å². The summed E-state index contributed by atoms with van der Waals surface area (Å²) < 4.78 is 1.17. The molecule has 0 amide bonds. The van der Waals surface area contributed by atoms with Crippen molar-refractivity contribution >= 4 is 23.1 Å². The van der Waals surface area contributed by atoms with E-state index in [-0.39, 0.29) is 5.94 Å². The first kappa shape index (κ1) is 6.13. The third-order valence-corrected chi connectivity index (χ3v) is 2.56. The molecule has 0 aliphatic heterocycles. The fourth-order valence-corrected chi connectivity index (χ4v) is 1.76. The van der Waals surface area contributed by atoms with E-state index in [0.717, 1.165) is 0 Å². The molecule has 1 aromatic heterocycles. The van der Waals surface area contributed by atoms with E-state index < -0.39 is 0 Å². The predicted octanol–water partition coefficient (Wildman–Crippen LogP) is 1.79. The van der Waals surface area contributed by atoms with Crippen LogP contribution in [0.2, 0.25) is 0 Å². The maximum absolute atomic E-state index is 8.41. The lowest BCUT2D eigenvalue weighted by Gasteiger charge is -1.85. The lowest BCUT2D eigenvalue weighted by atomic mass is 10.7. The topological polar surface area (TPSA) is 20.2 Å². The molecule has 3 heteroatoms. The van der Waals surface area contributed by atoms with E-state index in [4.69, 9.17) is 5.11 Å². The molecule has 1 aromatic rings. The van der Waals surface area contributed by atoms with E-state index in [2.05, 4.69) is 0 Å². The van der Waals surface area contributed by atoms with Crippen LogP contribution >= 0.6 is 23.1 Å². The van der Waals surface area contributed by atoms with E-state index in [1.54, 1.807) is 11.3 Å². The molecule has 0 aliphatic carbocycles. The Morgan fingerprint density at radius 2 is 2.62 bits per heavy atom. The van der Waals surface area contributed by atoms with Gasteiger partial charge in [-0.1, -0.05) is 17.8 Å². The van der Waals surface area contributed by atoms with Crippen LogP contribution in [-0.2, 0) is 0 Å². The molecule has 0 aromatic carbocycles. The quantitative estimate of drug-likeness (QED) is 0.507. The summed E-state index contributed by atoms with van der Waals surface area (Å²) in [6.45, 7) is 0. The van der Waals surface area contributed by atoms with Crippen molar-refractivity contribution in [2.24, 2.45) is 0 Å².